The Labute approximate surface area is 105 Å². The van der Waals surface area contributed by atoms with Crippen LogP contribution in [0.5, 0.6) is 11.5 Å². The average molecular weight is 250 g/mol. The summed E-state index contributed by atoms with van der Waals surface area (Å²) in [5.74, 6) is 0.868. The van der Waals surface area contributed by atoms with E-state index in [-0.39, 0.29) is 6.79 Å². The minimum absolute atomic E-state index is 0.205. The smallest absolute Gasteiger partial charge is 0.330 e. The lowest BCUT2D eigenvalue weighted by Gasteiger charge is -2.08. The number of ether oxygens (including phenoxy) is 3. The van der Waals surface area contributed by atoms with Crippen LogP contribution in [0.25, 0.3) is 0 Å². The highest BCUT2D eigenvalue weighted by molar-refractivity contribution is 5.81. The molecule has 1 heterocycles. The Morgan fingerprint density at radius 2 is 2.28 bits per heavy atom. The third kappa shape index (κ3) is 2.81. The molecular weight excluding hydrogens is 236 g/mol. The lowest BCUT2D eigenvalue weighted by molar-refractivity contribution is -0.134. The first-order valence-corrected chi connectivity index (χ1v) is 5.53. The van der Waals surface area contributed by atoms with Gasteiger partial charge in [0.1, 0.15) is 0 Å². The molecule has 0 spiro atoms. The van der Waals surface area contributed by atoms with Crippen molar-refractivity contribution in [1.82, 2.24) is 0 Å². The second-order valence-corrected chi connectivity index (χ2v) is 3.79. The van der Waals surface area contributed by atoms with Crippen molar-refractivity contribution in [2.45, 2.75) is 12.5 Å². The fourth-order valence-electron chi connectivity index (χ4n) is 1.62. The molecular formula is C13H14O5. The zero-order valence-electron chi connectivity index (χ0n) is 9.96. The quantitative estimate of drug-likeness (QED) is 0.649. The molecule has 0 fully saturated rings. The number of benzene rings is 1. The summed E-state index contributed by atoms with van der Waals surface area (Å²) in [7, 11) is 1.31. The molecule has 1 aliphatic rings. The monoisotopic (exact) mass is 250 g/mol. The molecule has 0 saturated heterocycles. The van der Waals surface area contributed by atoms with Crippen LogP contribution in [0.15, 0.2) is 30.4 Å². The van der Waals surface area contributed by atoms with Crippen molar-refractivity contribution in [3.05, 3.63) is 35.9 Å². The number of carbonyl (C=O) groups excluding carboxylic acids is 1. The van der Waals surface area contributed by atoms with Crippen molar-refractivity contribution >= 4 is 5.97 Å². The number of hydrogen-bond acceptors (Lipinski definition) is 5. The minimum atomic E-state index is -0.694. The van der Waals surface area contributed by atoms with Gasteiger partial charge in [-0.1, -0.05) is 12.1 Å². The maximum atomic E-state index is 10.9. The van der Waals surface area contributed by atoms with Gasteiger partial charge in [0.25, 0.3) is 0 Å². The molecule has 1 aliphatic heterocycles. The van der Waals surface area contributed by atoms with Crippen molar-refractivity contribution in [1.29, 1.82) is 0 Å². The van der Waals surface area contributed by atoms with Crippen LogP contribution < -0.4 is 9.47 Å². The molecule has 2 rings (SSSR count). The van der Waals surface area contributed by atoms with E-state index in [4.69, 9.17) is 9.47 Å². The van der Waals surface area contributed by atoms with Crippen LogP contribution in [0.4, 0.5) is 0 Å². The van der Waals surface area contributed by atoms with Crippen LogP contribution in [0, 0.1) is 0 Å². The van der Waals surface area contributed by atoms with Crippen molar-refractivity contribution in [3.63, 3.8) is 0 Å². The van der Waals surface area contributed by atoms with Crippen LogP contribution >= 0.6 is 0 Å². The largest absolute Gasteiger partial charge is 0.466 e. The number of aliphatic hydroxyl groups is 1. The summed E-state index contributed by atoms with van der Waals surface area (Å²) in [5, 5.41) is 9.94. The second kappa shape index (κ2) is 5.55. The van der Waals surface area contributed by atoms with Crippen LogP contribution in [0.1, 0.15) is 18.1 Å². The van der Waals surface area contributed by atoms with Gasteiger partial charge in [0.15, 0.2) is 11.5 Å². The van der Waals surface area contributed by atoms with Gasteiger partial charge < -0.3 is 19.3 Å². The van der Waals surface area contributed by atoms with Gasteiger partial charge in [-0.25, -0.2) is 4.79 Å². The number of hydrogen-bond donors (Lipinski definition) is 1. The molecule has 0 saturated carbocycles. The van der Waals surface area contributed by atoms with Crippen molar-refractivity contribution < 1.29 is 24.1 Å². The molecule has 5 heteroatoms. The van der Waals surface area contributed by atoms with Gasteiger partial charge in [-0.3, -0.25) is 0 Å². The van der Waals surface area contributed by atoms with E-state index in [1.807, 2.05) is 0 Å². The maximum absolute atomic E-state index is 10.9. The lowest BCUT2D eigenvalue weighted by Crippen LogP contribution is -1.98. The van der Waals surface area contributed by atoms with E-state index in [1.165, 1.54) is 13.2 Å². The number of aliphatic hydroxyl groups excluding tert-OH is 1. The van der Waals surface area contributed by atoms with E-state index < -0.39 is 12.1 Å². The summed E-state index contributed by atoms with van der Waals surface area (Å²) in [6.45, 7) is 0.205. The standard InChI is InChI=1S/C13H14O5/c1-16-13(15)4-2-3-10(14)9-5-6-11-12(7-9)18-8-17-11/h2,4-7,10,14H,3,8H2,1H3/b4-2+. The Hall–Kier alpha value is -2.01. The first-order chi connectivity index (χ1) is 8.70. The van der Waals surface area contributed by atoms with Gasteiger partial charge in [0, 0.05) is 6.08 Å². The predicted octanol–water partition coefficient (Wildman–Crippen LogP) is 1.57. The molecule has 0 bridgehead atoms. The van der Waals surface area contributed by atoms with E-state index >= 15 is 0 Å². The molecule has 0 aromatic heterocycles. The average Bonchev–Trinajstić information content (AvgIpc) is 2.85. The normalized spacial score (nSPS) is 14.8. The molecule has 0 amide bonds. The Bertz CT molecular complexity index is 466. The summed E-state index contributed by atoms with van der Waals surface area (Å²) in [4.78, 5) is 10.9. The molecule has 18 heavy (non-hydrogen) atoms. The first-order valence-electron chi connectivity index (χ1n) is 5.53. The summed E-state index contributed by atoms with van der Waals surface area (Å²) >= 11 is 0. The van der Waals surface area contributed by atoms with Crippen molar-refractivity contribution in [3.8, 4) is 11.5 Å². The topological polar surface area (TPSA) is 65.0 Å². The van der Waals surface area contributed by atoms with Crippen LogP contribution in [-0.4, -0.2) is 25.0 Å². The third-order valence-corrected chi connectivity index (χ3v) is 2.60. The minimum Gasteiger partial charge on any atom is -0.466 e. The number of esters is 1. The van der Waals surface area contributed by atoms with Gasteiger partial charge in [-0.2, -0.15) is 0 Å². The second-order valence-electron chi connectivity index (χ2n) is 3.79. The SMILES string of the molecule is COC(=O)/C=C/CC(O)c1ccc2c(c1)OCO2. The summed E-state index contributed by atoms with van der Waals surface area (Å²) in [6, 6.07) is 5.26. The lowest BCUT2D eigenvalue weighted by atomic mass is 10.1. The van der Waals surface area contributed by atoms with Gasteiger partial charge in [0.05, 0.1) is 13.2 Å². The highest BCUT2D eigenvalue weighted by atomic mass is 16.7. The summed E-state index contributed by atoms with van der Waals surface area (Å²) in [6.07, 6.45) is 2.49. The van der Waals surface area contributed by atoms with Crippen LogP contribution in [0.2, 0.25) is 0 Å². The Balaban J connectivity index is 1.99. The molecule has 1 aromatic carbocycles. The molecule has 1 unspecified atom stereocenters. The zero-order valence-corrected chi connectivity index (χ0v) is 9.96. The highest BCUT2D eigenvalue weighted by Crippen LogP contribution is 2.34. The van der Waals surface area contributed by atoms with Crippen LogP contribution in [0.3, 0.4) is 0 Å². The molecule has 1 N–H and O–H groups in total. The molecule has 1 atom stereocenters. The van der Waals surface area contributed by atoms with Crippen molar-refractivity contribution in [2.24, 2.45) is 0 Å². The Morgan fingerprint density at radius 1 is 1.50 bits per heavy atom. The third-order valence-electron chi connectivity index (χ3n) is 2.60. The van der Waals surface area contributed by atoms with E-state index in [0.29, 0.717) is 23.5 Å². The Kier molecular flexibility index (Phi) is 3.84. The van der Waals surface area contributed by atoms with Crippen LogP contribution in [-0.2, 0) is 9.53 Å². The van der Waals surface area contributed by atoms with E-state index in [0.717, 1.165) is 0 Å². The number of carbonyl (C=O) groups is 1. The van der Waals surface area contributed by atoms with Gasteiger partial charge in [0.2, 0.25) is 6.79 Å². The summed E-state index contributed by atoms with van der Waals surface area (Å²) in [5.41, 5.74) is 0.716. The molecule has 0 radical (unpaired) electrons. The van der Waals surface area contributed by atoms with Gasteiger partial charge >= 0.3 is 5.97 Å². The fourth-order valence-corrected chi connectivity index (χ4v) is 1.62. The Morgan fingerprint density at radius 3 is 3.06 bits per heavy atom. The van der Waals surface area contributed by atoms with Gasteiger partial charge in [-0.15, -0.1) is 0 Å². The maximum Gasteiger partial charge on any atom is 0.330 e. The molecule has 0 aliphatic carbocycles. The van der Waals surface area contributed by atoms with E-state index in [2.05, 4.69) is 4.74 Å². The van der Waals surface area contributed by atoms with E-state index in [1.54, 1.807) is 24.3 Å². The molecule has 1 aromatic rings. The summed E-state index contributed by atoms with van der Waals surface area (Å²) < 4.78 is 14.9. The number of rotatable bonds is 4. The predicted molar refractivity (Wildman–Crippen MR) is 63.3 cm³/mol. The first kappa shape index (κ1) is 12.4. The highest BCUT2D eigenvalue weighted by Gasteiger charge is 2.15. The molecule has 96 valence electrons. The van der Waals surface area contributed by atoms with Gasteiger partial charge in [-0.05, 0) is 24.1 Å². The number of fused-ring (bicyclic) bond motifs is 1. The molecule has 5 nitrogen and oxygen atoms in total. The van der Waals surface area contributed by atoms with E-state index in [9.17, 15) is 9.90 Å². The van der Waals surface area contributed by atoms with Crippen molar-refractivity contribution in [2.75, 3.05) is 13.9 Å². The number of methoxy groups -OCH3 is 1. The zero-order chi connectivity index (χ0) is 13.0. The fraction of sp³-hybridized carbons (Fsp3) is 0.308.